The van der Waals surface area contributed by atoms with E-state index in [1.165, 1.54) is 6.42 Å². The van der Waals surface area contributed by atoms with Crippen molar-refractivity contribution in [3.63, 3.8) is 0 Å². The Bertz CT molecular complexity index is 760. The maximum absolute atomic E-state index is 12.7. The Labute approximate surface area is 148 Å². The predicted octanol–water partition coefficient (Wildman–Crippen LogP) is 2.78. The fraction of sp³-hybridized carbons (Fsp3) is 0.526. The topological polar surface area (TPSA) is 75.5 Å². The highest BCUT2D eigenvalue weighted by Gasteiger charge is 2.23. The van der Waals surface area contributed by atoms with Gasteiger partial charge in [0, 0.05) is 18.8 Å². The minimum Gasteiger partial charge on any atom is -0.349 e. The van der Waals surface area contributed by atoms with Crippen molar-refractivity contribution in [1.82, 2.24) is 20.0 Å². The Hall–Kier alpha value is -2.37. The Morgan fingerprint density at radius 3 is 2.68 bits per heavy atom. The molecule has 1 fully saturated rings. The number of nitrogens with zero attached hydrogens (tertiary/aromatic N) is 2. The van der Waals surface area contributed by atoms with Gasteiger partial charge in [-0.1, -0.05) is 39.2 Å². The zero-order valence-corrected chi connectivity index (χ0v) is 14.9. The third-order valence-corrected chi connectivity index (χ3v) is 4.58. The van der Waals surface area contributed by atoms with Crippen molar-refractivity contribution in [1.29, 1.82) is 0 Å². The molecule has 0 radical (unpaired) electrons. The first kappa shape index (κ1) is 17.5. The standard InChI is InChI=1S/C19H26N4O2/c1-13(2)12-20-19(25)17-22-16(15-10-6-7-11-23(15)17)18(24)21-14-8-4-3-5-9-14/h6-7,10-11,13-14H,3-5,8-9,12H2,1-2H3,(H,20,25)(H,21,24). The number of fused-ring (bicyclic) bond motifs is 1. The SMILES string of the molecule is CC(C)CNC(=O)c1nc(C(=O)NC2CCCCC2)c2ccccn12. The molecule has 6 nitrogen and oxygen atoms in total. The molecule has 0 saturated heterocycles. The molecular weight excluding hydrogens is 316 g/mol. The number of nitrogens with one attached hydrogen (secondary N) is 2. The molecule has 2 amide bonds. The second-order valence-electron chi connectivity index (χ2n) is 7.15. The molecule has 0 bridgehead atoms. The molecule has 0 aromatic carbocycles. The van der Waals surface area contributed by atoms with E-state index in [2.05, 4.69) is 15.6 Å². The number of pyridine rings is 1. The molecule has 1 aliphatic carbocycles. The van der Waals surface area contributed by atoms with E-state index >= 15 is 0 Å². The second kappa shape index (κ2) is 7.68. The summed E-state index contributed by atoms with van der Waals surface area (Å²) in [7, 11) is 0. The molecule has 2 N–H and O–H groups in total. The van der Waals surface area contributed by atoms with Crippen LogP contribution in [-0.2, 0) is 0 Å². The zero-order chi connectivity index (χ0) is 17.8. The van der Waals surface area contributed by atoms with Crippen LogP contribution in [0.3, 0.4) is 0 Å². The molecule has 3 rings (SSSR count). The van der Waals surface area contributed by atoms with Crippen LogP contribution in [0.25, 0.3) is 5.52 Å². The van der Waals surface area contributed by atoms with Gasteiger partial charge in [-0.15, -0.1) is 0 Å². The summed E-state index contributed by atoms with van der Waals surface area (Å²) in [4.78, 5) is 29.5. The van der Waals surface area contributed by atoms with Crippen molar-refractivity contribution in [2.24, 2.45) is 5.92 Å². The van der Waals surface area contributed by atoms with Gasteiger partial charge in [0.25, 0.3) is 11.8 Å². The Morgan fingerprint density at radius 2 is 1.96 bits per heavy atom. The van der Waals surface area contributed by atoms with Crippen molar-refractivity contribution in [3.8, 4) is 0 Å². The number of aromatic nitrogens is 2. The van der Waals surface area contributed by atoms with E-state index in [4.69, 9.17) is 0 Å². The lowest BCUT2D eigenvalue weighted by atomic mass is 9.95. The van der Waals surface area contributed by atoms with Crippen LogP contribution in [0.1, 0.15) is 67.1 Å². The van der Waals surface area contributed by atoms with Crippen molar-refractivity contribution >= 4 is 17.3 Å². The third-order valence-electron chi connectivity index (χ3n) is 4.58. The van der Waals surface area contributed by atoms with Gasteiger partial charge in [-0.2, -0.15) is 0 Å². The number of rotatable bonds is 5. The van der Waals surface area contributed by atoms with Gasteiger partial charge in [0.1, 0.15) is 0 Å². The van der Waals surface area contributed by atoms with E-state index in [1.54, 1.807) is 10.6 Å². The molecule has 134 valence electrons. The smallest absolute Gasteiger partial charge is 0.287 e. The molecule has 1 aliphatic rings. The second-order valence-corrected chi connectivity index (χ2v) is 7.15. The lowest BCUT2D eigenvalue weighted by Gasteiger charge is -2.22. The van der Waals surface area contributed by atoms with Crippen molar-refractivity contribution in [3.05, 3.63) is 35.9 Å². The summed E-state index contributed by atoms with van der Waals surface area (Å²) in [6, 6.07) is 5.71. The average Bonchev–Trinajstić information content (AvgIpc) is 3.00. The van der Waals surface area contributed by atoms with Gasteiger partial charge >= 0.3 is 0 Å². The van der Waals surface area contributed by atoms with Crippen LogP contribution in [0, 0.1) is 5.92 Å². The lowest BCUT2D eigenvalue weighted by molar-refractivity contribution is 0.0924. The van der Waals surface area contributed by atoms with Crippen LogP contribution in [-0.4, -0.2) is 33.8 Å². The predicted molar refractivity (Wildman–Crippen MR) is 96.7 cm³/mol. The average molecular weight is 342 g/mol. The quantitative estimate of drug-likeness (QED) is 0.877. The molecule has 25 heavy (non-hydrogen) atoms. The number of carbonyl (C=O) groups is 2. The number of hydrogen-bond acceptors (Lipinski definition) is 3. The van der Waals surface area contributed by atoms with Crippen LogP contribution in [0.15, 0.2) is 24.4 Å². The van der Waals surface area contributed by atoms with Crippen LogP contribution in [0.4, 0.5) is 0 Å². The van der Waals surface area contributed by atoms with E-state index in [-0.39, 0.29) is 23.7 Å². The molecule has 0 aliphatic heterocycles. The van der Waals surface area contributed by atoms with Crippen LogP contribution >= 0.6 is 0 Å². The summed E-state index contributed by atoms with van der Waals surface area (Å²) >= 11 is 0. The van der Waals surface area contributed by atoms with E-state index in [1.807, 2.05) is 32.0 Å². The summed E-state index contributed by atoms with van der Waals surface area (Å²) in [6.45, 7) is 4.64. The molecule has 2 aromatic heterocycles. The van der Waals surface area contributed by atoms with Gasteiger partial charge in [-0.3, -0.25) is 14.0 Å². The van der Waals surface area contributed by atoms with Crippen LogP contribution in [0.2, 0.25) is 0 Å². The highest BCUT2D eigenvalue weighted by atomic mass is 16.2. The van der Waals surface area contributed by atoms with Gasteiger partial charge in [0.05, 0.1) is 5.52 Å². The Balaban J connectivity index is 1.85. The van der Waals surface area contributed by atoms with Gasteiger partial charge in [-0.25, -0.2) is 4.98 Å². The maximum atomic E-state index is 12.7. The summed E-state index contributed by atoms with van der Waals surface area (Å²) in [5, 5.41) is 5.95. The summed E-state index contributed by atoms with van der Waals surface area (Å²) < 4.78 is 1.69. The summed E-state index contributed by atoms with van der Waals surface area (Å²) in [6.07, 6.45) is 7.33. The van der Waals surface area contributed by atoms with Crippen LogP contribution in [0.5, 0.6) is 0 Å². The largest absolute Gasteiger partial charge is 0.349 e. The number of amides is 2. The highest BCUT2D eigenvalue weighted by molar-refractivity contribution is 6.02. The number of carbonyl (C=O) groups excluding carboxylic acids is 2. The van der Waals surface area contributed by atoms with Gasteiger partial charge in [-0.05, 0) is 30.9 Å². The van der Waals surface area contributed by atoms with Crippen LogP contribution < -0.4 is 10.6 Å². The molecule has 1 saturated carbocycles. The van der Waals surface area contributed by atoms with E-state index in [9.17, 15) is 9.59 Å². The number of imidazole rings is 1. The van der Waals surface area contributed by atoms with E-state index in [0.717, 1.165) is 25.7 Å². The van der Waals surface area contributed by atoms with Crippen molar-refractivity contribution in [2.45, 2.75) is 52.0 Å². The fourth-order valence-corrected chi connectivity index (χ4v) is 3.24. The maximum Gasteiger partial charge on any atom is 0.287 e. The monoisotopic (exact) mass is 342 g/mol. The van der Waals surface area contributed by atoms with E-state index in [0.29, 0.717) is 23.7 Å². The molecule has 0 spiro atoms. The fourth-order valence-electron chi connectivity index (χ4n) is 3.24. The third kappa shape index (κ3) is 4.00. The van der Waals surface area contributed by atoms with Gasteiger partial charge in [0.15, 0.2) is 5.69 Å². The first-order chi connectivity index (χ1) is 12.1. The summed E-state index contributed by atoms with van der Waals surface area (Å²) in [5.41, 5.74) is 0.978. The molecule has 2 heterocycles. The minimum absolute atomic E-state index is 0.196. The molecule has 0 unspecified atom stereocenters. The lowest BCUT2D eigenvalue weighted by Crippen LogP contribution is -2.36. The van der Waals surface area contributed by atoms with Crippen molar-refractivity contribution in [2.75, 3.05) is 6.54 Å². The zero-order valence-electron chi connectivity index (χ0n) is 14.9. The molecule has 0 atom stereocenters. The molecule has 2 aromatic rings. The minimum atomic E-state index is -0.258. The molecule has 6 heteroatoms. The first-order valence-electron chi connectivity index (χ1n) is 9.12. The number of hydrogen-bond donors (Lipinski definition) is 2. The van der Waals surface area contributed by atoms with Gasteiger partial charge in [0.2, 0.25) is 5.82 Å². The normalized spacial score (nSPS) is 15.5. The van der Waals surface area contributed by atoms with Gasteiger partial charge < -0.3 is 10.6 Å². The Kier molecular flexibility index (Phi) is 5.36. The first-order valence-corrected chi connectivity index (χ1v) is 9.12. The highest BCUT2D eigenvalue weighted by Crippen LogP contribution is 2.19. The molecular formula is C19H26N4O2. The van der Waals surface area contributed by atoms with Crippen molar-refractivity contribution < 1.29 is 9.59 Å². The Morgan fingerprint density at radius 1 is 1.20 bits per heavy atom. The van der Waals surface area contributed by atoms with E-state index < -0.39 is 0 Å². The summed E-state index contributed by atoms with van der Waals surface area (Å²) in [5.74, 6) is 0.152.